The third-order valence-electron chi connectivity index (χ3n) is 3.16. The number of carbonyl (C=O) groups excluding carboxylic acids is 1. The molecule has 2 aromatic carbocycles. The molecule has 0 unspecified atom stereocenters. The lowest BCUT2D eigenvalue weighted by Crippen LogP contribution is -1.94. The average Bonchev–Trinajstić information content (AvgIpc) is 2.36. The second-order valence-corrected chi connectivity index (χ2v) is 3.97. The van der Waals surface area contributed by atoms with E-state index in [0.717, 1.165) is 24.7 Å². The first-order valence-electron chi connectivity index (χ1n) is 5.80. The molecular weight excluding hydrogens is 196 g/mol. The highest BCUT2D eigenvalue weighted by Gasteiger charge is 2.07. The number of hydrogen-bond donors (Lipinski definition) is 0. The van der Waals surface area contributed by atoms with E-state index in [9.17, 15) is 4.79 Å². The summed E-state index contributed by atoms with van der Waals surface area (Å²) in [6.07, 6.45) is 2.89. The van der Waals surface area contributed by atoms with Crippen molar-refractivity contribution < 1.29 is 4.79 Å². The van der Waals surface area contributed by atoms with Crippen LogP contribution in [0.3, 0.4) is 0 Å². The van der Waals surface area contributed by atoms with E-state index in [1.807, 2.05) is 6.07 Å². The molecule has 0 radical (unpaired) electrons. The maximum absolute atomic E-state index is 11.0. The fourth-order valence-corrected chi connectivity index (χ4v) is 2.32. The van der Waals surface area contributed by atoms with Gasteiger partial charge in [0.25, 0.3) is 0 Å². The first-order chi connectivity index (χ1) is 7.81. The Bertz CT molecular complexity index is 526. The van der Waals surface area contributed by atoms with Gasteiger partial charge in [-0.3, -0.25) is 4.79 Å². The van der Waals surface area contributed by atoms with E-state index < -0.39 is 0 Å². The second kappa shape index (κ2) is 4.48. The van der Waals surface area contributed by atoms with Crippen molar-refractivity contribution in [3.05, 3.63) is 47.0 Å². The van der Waals surface area contributed by atoms with Crippen LogP contribution in [0.1, 0.15) is 35.3 Å². The van der Waals surface area contributed by atoms with E-state index in [-0.39, 0.29) is 0 Å². The van der Waals surface area contributed by atoms with Gasteiger partial charge >= 0.3 is 0 Å². The quantitative estimate of drug-likeness (QED) is 0.708. The minimum Gasteiger partial charge on any atom is -0.298 e. The van der Waals surface area contributed by atoms with Crippen molar-refractivity contribution in [1.29, 1.82) is 0 Å². The number of aldehydes is 1. The Morgan fingerprint density at radius 2 is 1.81 bits per heavy atom. The molecule has 0 atom stereocenters. The number of rotatable bonds is 3. The molecule has 0 amide bonds. The van der Waals surface area contributed by atoms with E-state index in [2.05, 4.69) is 38.1 Å². The van der Waals surface area contributed by atoms with E-state index in [1.54, 1.807) is 0 Å². The Hall–Kier alpha value is -1.63. The molecule has 0 aromatic heterocycles. The van der Waals surface area contributed by atoms with Crippen LogP contribution < -0.4 is 0 Å². The molecule has 82 valence electrons. The smallest absolute Gasteiger partial charge is 0.150 e. The molecule has 0 fully saturated rings. The maximum atomic E-state index is 11.0. The van der Waals surface area contributed by atoms with Crippen LogP contribution in [0.25, 0.3) is 10.8 Å². The number of fused-ring (bicyclic) bond motifs is 1. The zero-order valence-corrected chi connectivity index (χ0v) is 9.79. The Balaban J connectivity index is 2.83. The summed E-state index contributed by atoms with van der Waals surface area (Å²) >= 11 is 0. The molecule has 0 aliphatic carbocycles. The number of aryl methyl sites for hydroxylation is 2. The van der Waals surface area contributed by atoms with Gasteiger partial charge in [-0.2, -0.15) is 0 Å². The van der Waals surface area contributed by atoms with Crippen LogP contribution in [0.2, 0.25) is 0 Å². The van der Waals surface area contributed by atoms with E-state index in [0.29, 0.717) is 0 Å². The Morgan fingerprint density at radius 1 is 1.00 bits per heavy atom. The first kappa shape index (κ1) is 10.9. The molecule has 0 saturated heterocycles. The van der Waals surface area contributed by atoms with Crippen LogP contribution in [-0.4, -0.2) is 6.29 Å². The van der Waals surface area contributed by atoms with Crippen molar-refractivity contribution in [1.82, 2.24) is 0 Å². The van der Waals surface area contributed by atoms with Gasteiger partial charge in [-0.15, -0.1) is 0 Å². The zero-order chi connectivity index (χ0) is 11.5. The zero-order valence-electron chi connectivity index (χ0n) is 9.79. The number of benzene rings is 2. The van der Waals surface area contributed by atoms with Gasteiger partial charge in [0.1, 0.15) is 6.29 Å². The normalized spacial score (nSPS) is 10.6. The first-order valence-corrected chi connectivity index (χ1v) is 5.80. The van der Waals surface area contributed by atoms with Gasteiger partial charge < -0.3 is 0 Å². The van der Waals surface area contributed by atoms with Crippen LogP contribution in [-0.2, 0) is 12.8 Å². The summed E-state index contributed by atoms with van der Waals surface area (Å²) in [4.78, 5) is 11.0. The largest absolute Gasteiger partial charge is 0.298 e. The SMILES string of the molecule is CCc1cccc2c(CC)c(C=O)ccc12. The molecule has 0 bridgehead atoms. The molecule has 0 aliphatic rings. The summed E-state index contributed by atoms with van der Waals surface area (Å²) in [7, 11) is 0. The molecule has 16 heavy (non-hydrogen) atoms. The van der Waals surface area contributed by atoms with Gasteiger partial charge in [0.15, 0.2) is 0 Å². The Labute approximate surface area is 96.1 Å². The van der Waals surface area contributed by atoms with Crippen molar-refractivity contribution in [2.75, 3.05) is 0 Å². The fourth-order valence-electron chi connectivity index (χ4n) is 2.32. The van der Waals surface area contributed by atoms with Crippen molar-refractivity contribution in [3.63, 3.8) is 0 Å². The topological polar surface area (TPSA) is 17.1 Å². The molecular formula is C15H16O. The summed E-state index contributed by atoms with van der Waals surface area (Å²) in [6.45, 7) is 4.26. The summed E-state index contributed by atoms with van der Waals surface area (Å²) in [5, 5.41) is 2.51. The predicted octanol–water partition coefficient (Wildman–Crippen LogP) is 3.78. The van der Waals surface area contributed by atoms with E-state index in [4.69, 9.17) is 0 Å². The van der Waals surface area contributed by atoms with Crippen molar-refractivity contribution in [2.24, 2.45) is 0 Å². The van der Waals surface area contributed by atoms with Crippen LogP contribution in [0, 0.1) is 0 Å². The highest BCUT2D eigenvalue weighted by Crippen LogP contribution is 2.25. The minimum atomic E-state index is 0.822. The standard InChI is InChI=1S/C15H16O/c1-3-11-6-5-7-15-13(4-2)12(10-16)8-9-14(11)15/h5-10H,3-4H2,1-2H3. The lowest BCUT2D eigenvalue weighted by Gasteiger charge is -2.10. The van der Waals surface area contributed by atoms with E-state index >= 15 is 0 Å². The number of hydrogen-bond acceptors (Lipinski definition) is 1. The maximum Gasteiger partial charge on any atom is 0.150 e. The van der Waals surface area contributed by atoms with Crippen LogP contribution >= 0.6 is 0 Å². The van der Waals surface area contributed by atoms with Crippen LogP contribution in [0.4, 0.5) is 0 Å². The lowest BCUT2D eigenvalue weighted by molar-refractivity contribution is 0.112. The molecule has 0 heterocycles. The second-order valence-electron chi connectivity index (χ2n) is 3.97. The highest BCUT2D eigenvalue weighted by atomic mass is 16.1. The van der Waals surface area contributed by atoms with E-state index in [1.165, 1.54) is 21.9 Å². The molecule has 2 aromatic rings. The predicted molar refractivity (Wildman–Crippen MR) is 68.1 cm³/mol. The summed E-state index contributed by atoms with van der Waals surface area (Å²) in [5.41, 5.74) is 3.34. The third-order valence-corrected chi connectivity index (χ3v) is 3.16. The highest BCUT2D eigenvalue weighted by molar-refractivity contribution is 5.94. The molecule has 2 rings (SSSR count). The van der Waals surface area contributed by atoms with Crippen LogP contribution in [0.15, 0.2) is 30.3 Å². The van der Waals surface area contributed by atoms with Gasteiger partial charge in [-0.1, -0.05) is 44.2 Å². The molecule has 0 spiro atoms. The Morgan fingerprint density at radius 3 is 2.44 bits per heavy atom. The number of carbonyl (C=O) groups is 1. The summed E-state index contributed by atoms with van der Waals surface area (Å²) in [5.74, 6) is 0. The lowest BCUT2D eigenvalue weighted by atomic mass is 9.94. The molecule has 1 nitrogen and oxygen atoms in total. The molecule has 0 saturated carbocycles. The monoisotopic (exact) mass is 212 g/mol. The fraction of sp³-hybridized carbons (Fsp3) is 0.267. The summed E-state index contributed by atoms with van der Waals surface area (Å²) in [6, 6.07) is 10.3. The molecule has 0 aliphatic heterocycles. The Kier molecular flexibility index (Phi) is 3.04. The molecule has 0 N–H and O–H groups in total. The van der Waals surface area contributed by atoms with Crippen molar-refractivity contribution >= 4 is 17.1 Å². The minimum absolute atomic E-state index is 0.822. The van der Waals surface area contributed by atoms with Gasteiger partial charge in [0, 0.05) is 5.56 Å². The van der Waals surface area contributed by atoms with Gasteiger partial charge in [-0.05, 0) is 34.7 Å². The van der Waals surface area contributed by atoms with Gasteiger partial charge in [0.05, 0.1) is 0 Å². The van der Waals surface area contributed by atoms with Crippen molar-refractivity contribution in [3.8, 4) is 0 Å². The van der Waals surface area contributed by atoms with Gasteiger partial charge in [0.2, 0.25) is 0 Å². The summed E-state index contributed by atoms with van der Waals surface area (Å²) < 4.78 is 0. The third kappa shape index (κ3) is 1.63. The van der Waals surface area contributed by atoms with Gasteiger partial charge in [-0.25, -0.2) is 0 Å². The molecule has 1 heteroatoms. The average molecular weight is 212 g/mol. The van der Waals surface area contributed by atoms with Crippen molar-refractivity contribution in [2.45, 2.75) is 26.7 Å². The van der Waals surface area contributed by atoms with Crippen LogP contribution in [0.5, 0.6) is 0 Å².